The molecule has 0 fully saturated rings. The number of nitrogens with zero attached hydrogens (tertiary/aromatic N) is 3. The molecule has 3 aromatic rings. The van der Waals surface area contributed by atoms with Gasteiger partial charge in [-0.1, -0.05) is 28.1 Å². The Balaban J connectivity index is 2.03. The molecule has 0 aliphatic carbocycles. The van der Waals surface area contributed by atoms with Crippen LogP contribution in [0.4, 0.5) is 5.95 Å². The maximum absolute atomic E-state index is 8.81. The van der Waals surface area contributed by atoms with Crippen molar-refractivity contribution >= 4 is 32.9 Å². The van der Waals surface area contributed by atoms with Gasteiger partial charge in [-0.05, 0) is 35.9 Å². The molecule has 0 spiro atoms. The number of hydrogen-bond donors (Lipinski definition) is 1. The van der Waals surface area contributed by atoms with Gasteiger partial charge >= 0.3 is 0 Å². The monoisotopic (exact) mass is 326 g/mol. The lowest BCUT2D eigenvalue weighted by atomic mass is 10.1. The van der Waals surface area contributed by atoms with E-state index in [0.717, 1.165) is 21.1 Å². The molecule has 20 heavy (non-hydrogen) atoms. The van der Waals surface area contributed by atoms with E-state index in [0.29, 0.717) is 18.1 Å². The van der Waals surface area contributed by atoms with E-state index in [1.165, 1.54) is 0 Å². The fourth-order valence-corrected chi connectivity index (χ4v) is 2.50. The molecule has 4 nitrogen and oxygen atoms in total. The Bertz CT molecular complexity index is 812. The second-order valence-electron chi connectivity index (χ2n) is 4.50. The number of nitrogens with two attached hydrogens (primary N) is 1. The van der Waals surface area contributed by atoms with Crippen molar-refractivity contribution in [2.75, 3.05) is 5.73 Å². The van der Waals surface area contributed by atoms with Gasteiger partial charge in [0.1, 0.15) is 0 Å². The summed E-state index contributed by atoms with van der Waals surface area (Å²) in [6, 6.07) is 15.5. The molecule has 1 heterocycles. The van der Waals surface area contributed by atoms with Crippen LogP contribution in [0.5, 0.6) is 0 Å². The third-order valence-corrected chi connectivity index (χ3v) is 3.66. The third kappa shape index (κ3) is 2.26. The number of hydrogen-bond acceptors (Lipinski definition) is 3. The van der Waals surface area contributed by atoms with Crippen LogP contribution in [0.3, 0.4) is 0 Å². The zero-order valence-corrected chi connectivity index (χ0v) is 12.1. The van der Waals surface area contributed by atoms with Crippen molar-refractivity contribution in [2.45, 2.75) is 6.54 Å². The molecule has 0 aliphatic heterocycles. The Labute approximate surface area is 124 Å². The van der Waals surface area contributed by atoms with Crippen LogP contribution in [0.2, 0.25) is 0 Å². The average molecular weight is 327 g/mol. The summed E-state index contributed by atoms with van der Waals surface area (Å²) in [6.45, 7) is 0.629. The Kier molecular flexibility index (Phi) is 3.17. The molecule has 0 unspecified atom stereocenters. The van der Waals surface area contributed by atoms with Crippen LogP contribution < -0.4 is 5.73 Å². The molecule has 1 aromatic heterocycles. The quantitative estimate of drug-likeness (QED) is 0.785. The molecule has 0 atom stereocenters. The van der Waals surface area contributed by atoms with Crippen LogP contribution in [0, 0.1) is 11.3 Å². The first-order valence-electron chi connectivity index (χ1n) is 6.07. The van der Waals surface area contributed by atoms with Crippen molar-refractivity contribution in [3.63, 3.8) is 0 Å². The summed E-state index contributed by atoms with van der Waals surface area (Å²) in [5.74, 6) is 0.488. The first-order chi connectivity index (χ1) is 9.67. The van der Waals surface area contributed by atoms with Gasteiger partial charge in [0.15, 0.2) is 0 Å². The highest BCUT2D eigenvalue weighted by Gasteiger charge is 2.09. The summed E-state index contributed by atoms with van der Waals surface area (Å²) >= 11 is 3.46. The number of benzene rings is 2. The van der Waals surface area contributed by atoms with Gasteiger partial charge in [-0.25, -0.2) is 4.98 Å². The molecule has 0 aliphatic rings. The molecule has 0 amide bonds. The molecule has 2 N–H and O–H groups in total. The topological polar surface area (TPSA) is 67.6 Å². The minimum atomic E-state index is 0.488. The van der Waals surface area contributed by atoms with Gasteiger partial charge in [0.05, 0.1) is 29.2 Å². The maximum atomic E-state index is 8.81. The molecule has 5 heteroatoms. The minimum absolute atomic E-state index is 0.488. The normalized spacial score (nSPS) is 10.6. The predicted molar refractivity (Wildman–Crippen MR) is 82.1 cm³/mol. The summed E-state index contributed by atoms with van der Waals surface area (Å²) in [7, 11) is 0. The van der Waals surface area contributed by atoms with Crippen molar-refractivity contribution in [2.24, 2.45) is 0 Å². The second kappa shape index (κ2) is 4.99. The lowest BCUT2D eigenvalue weighted by molar-refractivity contribution is 0.838. The van der Waals surface area contributed by atoms with Gasteiger partial charge in [0.2, 0.25) is 5.95 Å². The van der Waals surface area contributed by atoms with Crippen molar-refractivity contribution in [3.8, 4) is 6.07 Å². The Morgan fingerprint density at radius 1 is 1.20 bits per heavy atom. The van der Waals surface area contributed by atoms with E-state index in [-0.39, 0.29) is 0 Å². The number of halogens is 1. The molecule has 3 rings (SSSR count). The SMILES string of the molecule is N#Cc1ccc(Cn2c(N)nc3ccc(Br)cc32)cc1. The standard InChI is InChI=1S/C15H11BrN4/c16-12-5-6-13-14(7-12)20(15(18)19-13)9-11-3-1-10(8-17)2-4-11/h1-7H,9H2,(H2,18,19). The van der Waals surface area contributed by atoms with Crippen LogP contribution in [0.15, 0.2) is 46.9 Å². The molecule has 0 saturated heterocycles. The molecule has 0 radical (unpaired) electrons. The summed E-state index contributed by atoms with van der Waals surface area (Å²) in [5, 5.41) is 8.81. The maximum Gasteiger partial charge on any atom is 0.201 e. The first kappa shape index (κ1) is 12.7. The second-order valence-corrected chi connectivity index (χ2v) is 5.41. The summed E-state index contributed by atoms with van der Waals surface area (Å²) in [5.41, 5.74) is 9.58. The van der Waals surface area contributed by atoms with Crippen molar-refractivity contribution in [3.05, 3.63) is 58.1 Å². The molecular formula is C15H11BrN4. The molecular weight excluding hydrogens is 316 g/mol. The number of fused-ring (bicyclic) bond motifs is 1. The number of nitrogen functional groups attached to an aromatic ring is 1. The van der Waals surface area contributed by atoms with Crippen molar-refractivity contribution < 1.29 is 0 Å². The highest BCUT2D eigenvalue weighted by atomic mass is 79.9. The van der Waals surface area contributed by atoms with Crippen LogP contribution in [0.1, 0.15) is 11.1 Å². The summed E-state index contributed by atoms with van der Waals surface area (Å²) in [6.07, 6.45) is 0. The molecule has 0 saturated carbocycles. The van der Waals surface area contributed by atoms with E-state index < -0.39 is 0 Å². The number of nitriles is 1. The van der Waals surface area contributed by atoms with Gasteiger partial charge in [-0.2, -0.15) is 5.26 Å². The number of aromatic nitrogens is 2. The molecule has 2 aromatic carbocycles. The number of anilines is 1. The van der Waals surface area contributed by atoms with Gasteiger partial charge in [0.25, 0.3) is 0 Å². The highest BCUT2D eigenvalue weighted by Crippen LogP contribution is 2.23. The molecule has 0 bridgehead atoms. The van der Waals surface area contributed by atoms with E-state index in [1.54, 1.807) is 12.1 Å². The van der Waals surface area contributed by atoms with E-state index in [4.69, 9.17) is 11.0 Å². The van der Waals surface area contributed by atoms with E-state index in [2.05, 4.69) is 27.0 Å². The van der Waals surface area contributed by atoms with Crippen LogP contribution >= 0.6 is 15.9 Å². The Hall–Kier alpha value is -2.32. The van der Waals surface area contributed by atoms with Crippen LogP contribution in [-0.2, 0) is 6.54 Å². The summed E-state index contributed by atoms with van der Waals surface area (Å²) < 4.78 is 2.95. The van der Waals surface area contributed by atoms with E-state index in [9.17, 15) is 0 Å². The van der Waals surface area contributed by atoms with Crippen LogP contribution in [-0.4, -0.2) is 9.55 Å². The smallest absolute Gasteiger partial charge is 0.201 e. The van der Waals surface area contributed by atoms with Gasteiger partial charge in [0, 0.05) is 4.47 Å². The van der Waals surface area contributed by atoms with Gasteiger partial charge in [-0.15, -0.1) is 0 Å². The van der Waals surface area contributed by atoms with Crippen LogP contribution in [0.25, 0.3) is 11.0 Å². The Morgan fingerprint density at radius 3 is 2.65 bits per heavy atom. The first-order valence-corrected chi connectivity index (χ1v) is 6.87. The molecule has 98 valence electrons. The van der Waals surface area contributed by atoms with E-state index >= 15 is 0 Å². The van der Waals surface area contributed by atoms with E-state index in [1.807, 2.05) is 34.9 Å². The van der Waals surface area contributed by atoms with Crippen molar-refractivity contribution in [1.29, 1.82) is 5.26 Å². The third-order valence-electron chi connectivity index (χ3n) is 3.16. The average Bonchev–Trinajstić information content (AvgIpc) is 2.76. The lowest BCUT2D eigenvalue weighted by Crippen LogP contribution is -2.04. The van der Waals surface area contributed by atoms with Gasteiger partial charge < -0.3 is 10.3 Å². The fourth-order valence-electron chi connectivity index (χ4n) is 2.15. The fraction of sp³-hybridized carbons (Fsp3) is 0.0667. The summed E-state index contributed by atoms with van der Waals surface area (Å²) in [4.78, 5) is 4.35. The number of rotatable bonds is 2. The minimum Gasteiger partial charge on any atom is -0.369 e. The number of imidazole rings is 1. The lowest BCUT2D eigenvalue weighted by Gasteiger charge is -2.07. The zero-order chi connectivity index (χ0) is 14.1. The predicted octanol–water partition coefficient (Wildman–Crippen LogP) is 3.30. The largest absolute Gasteiger partial charge is 0.369 e. The van der Waals surface area contributed by atoms with Crippen molar-refractivity contribution in [1.82, 2.24) is 9.55 Å². The Morgan fingerprint density at radius 2 is 1.95 bits per heavy atom. The highest BCUT2D eigenvalue weighted by molar-refractivity contribution is 9.10. The zero-order valence-electron chi connectivity index (χ0n) is 10.5. The van der Waals surface area contributed by atoms with Gasteiger partial charge in [-0.3, -0.25) is 0 Å².